The Kier molecular flexibility index (Phi) is 7.43. The lowest BCUT2D eigenvalue weighted by Gasteiger charge is -2.27. The molecule has 0 amide bonds. The van der Waals surface area contributed by atoms with Crippen LogP contribution in [0, 0.1) is 5.82 Å². The number of allylic oxidation sites excluding steroid dienone is 3. The predicted molar refractivity (Wildman–Crippen MR) is 152 cm³/mol. The van der Waals surface area contributed by atoms with Crippen molar-refractivity contribution in [1.82, 2.24) is 4.98 Å². The fraction of sp³-hybridized carbons (Fsp3) is 0.219. The van der Waals surface area contributed by atoms with Gasteiger partial charge < -0.3 is 20.5 Å². The number of pyridine rings is 1. The van der Waals surface area contributed by atoms with E-state index in [1.165, 1.54) is 23.6 Å². The minimum atomic E-state index is -1.22. The van der Waals surface area contributed by atoms with Gasteiger partial charge in [-0.2, -0.15) is 0 Å². The highest BCUT2D eigenvalue weighted by Crippen LogP contribution is 2.36. The van der Waals surface area contributed by atoms with Crippen LogP contribution in [0.1, 0.15) is 55.0 Å². The molecule has 38 heavy (non-hydrogen) atoms. The number of hydrogen-bond donors (Lipinski definition) is 2. The lowest BCUT2D eigenvalue weighted by molar-refractivity contribution is 0.178. The quantitative estimate of drug-likeness (QED) is 0.179. The zero-order valence-electron chi connectivity index (χ0n) is 21.5. The second-order valence-electron chi connectivity index (χ2n) is 9.69. The summed E-state index contributed by atoms with van der Waals surface area (Å²) in [6.45, 7) is 3.79. The Bertz CT molecular complexity index is 1440. The van der Waals surface area contributed by atoms with E-state index < -0.39 is 12.0 Å². The number of aliphatic hydroxyl groups is 1. The summed E-state index contributed by atoms with van der Waals surface area (Å²) >= 11 is 0. The summed E-state index contributed by atoms with van der Waals surface area (Å²) in [4.78, 5) is 6.08. The molecule has 6 heteroatoms. The Balaban J connectivity index is 1.43. The van der Waals surface area contributed by atoms with Crippen molar-refractivity contribution in [3.05, 3.63) is 113 Å². The third-order valence-corrected chi connectivity index (χ3v) is 7.04. The summed E-state index contributed by atoms with van der Waals surface area (Å²) in [6.07, 6.45) is 15.0. The Morgan fingerprint density at radius 3 is 2.53 bits per heavy atom. The maximum absolute atomic E-state index is 15.4. The van der Waals surface area contributed by atoms with Gasteiger partial charge in [0.05, 0.1) is 19.0 Å². The summed E-state index contributed by atoms with van der Waals surface area (Å²) in [6, 6.07) is 12.3. The summed E-state index contributed by atoms with van der Waals surface area (Å²) in [5.74, 6) is 0.397. The van der Waals surface area contributed by atoms with Gasteiger partial charge in [-0.25, -0.2) is 4.39 Å². The zero-order chi connectivity index (χ0) is 26.6. The Hall–Kier alpha value is -4.16. The number of aliphatic hydroxyl groups excluding tert-OH is 1. The van der Waals surface area contributed by atoms with Gasteiger partial charge in [0.2, 0.25) is 0 Å². The minimum Gasteiger partial charge on any atom is -0.497 e. The highest BCUT2D eigenvalue weighted by atomic mass is 19.1. The van der Waals surface area contributed by atoms with Gasteiger partial charge in [-0.1, -0.05) is 36.4 Å². The number of nitrogen functional groups attached to an aromatic ring is 1. The number of aromatic nitrogens is 1. The van der Waals surface area contributed by atoms with Crippen molar-refractivity contribution in [2.24, 2.45) is 0 Å². The van der Waals surface area contributed by atoms with E-state index in [0.717, 1.165) is 48.1 Å². The maximum Gasteiger partial charge on any atom is 0.159 e. The van der Waals surface area contributed by atoms with E-state index in [2.05, 4.69) is 11.6 Å². The summed E-state index contributed by atoms with van der Waals surface area (Å²) in [5.41, 5.74) is 13.1. The number of nitrogens with two attached hydrogens (primary N) is 1. The molecule has 0 aliphatic heterocycles. The van der Waals surface area contributed by atoms with Crippen LogP contribution >= 0.6 is 0 Å². The third-order valence-electron chi connectivity index (χ3n) is 7.04. The molecule has 2 aliphatic rings. The minimum absolute atomic E-state index is 0.183. The van der Waals surface area contributed by atoms with Gasteiger partial charge in [0.1, 0.15) is 11.6 Å². The van der Waals surface area contributed by atoms with E-state index in [1.54, 1.807) is 48.7 Å². The van der Waals surface area contributed by atoms with Crippen LogP contribution in [0.15, 0.2) is 90.6 Å². The molecule has 1 aromatic heterocycles. The van der Waals surface area contributed by atoms with E-state index in [0.29, 0.717) is 16.9 Å². The van der Waals surface area contributed by atoms with E-state index in [9.17, 15) is 5.11 Å². The standard InChI is InChI=1S/C32H32FN3O2/c1-3-23-16-25(11-13-30(23)34)26-10-12-28(29(33)17-26)32(37)36(20-21-7-8-21)27-15-22(18-35-19-27)9-14-31(38-2)24-5-4-6-24/h3,9-20,32,37H,1,4-8,34H2,2H3/b14-9+. The molecule has 1 heterocycles. The number of rotatable bonds is 9. The topological polar surface area (TPSA) is 71.6 Å². The SMILES string of the molecule is C=Cc1cc(-c2ccc(C(O)N(C=C3CC3)c3cncc(/C=C/C(OC)=C4CCC4)c3)c(F)c2)ccc1N. The Morgan fingerprint density at radius 1 is 1.11 bits per heavy atom. The van der Waals surface area contributed by atoms with E-state index in [4.69, 9.17) is 10.5 Å². The van der Waals surface area contributed by atoms with Crippen LogP contribution < -0.4 is 10.6 Å². The Labute approximate surface area is 223 Å². The van der Waals surface area contributed by atoms with Gasteiger partial charge in [-0.05, 0) is 96.3 Å². The molecule has 5 nitrogen and oxygen atoms in total. The molecule has 1 atom stereocenters. The van der Waals surface area contributed by atoms with Gasteiger partial charge in [0.25, 0.3) is 0 Å². The van der Waals surface area contributed by atoms with Crippen molar-refractivity contribution < 1.29 is 14.2 Å². The fourth-order valence-electron chi connectivity index (χ4n) is 4.46. The molecule has 194 valence electrons. The van der Waals surface area contributed by atoms with E-state index in [1.807, 2.05) is 36.6 Å². The van der Waals surface area contributed by atoms with Crippen LogP contribution in [-0.2, 0) is 4.74 Å². The number of hydrogen-bond acceptors (Lipinski definition) is 5. The molecule has 0 bridgehead atoms. The lowest BCUT2D eigenvalue weighted by atomic mass is 9.91. The van der Waals surface area contributed by atoms with Gasteiger partial charge in [-0.3, -0.25) is 4.98 Å². The monoisotopic (exact) mass is 509 g/mol. The summed E-state index contributed by atoms with van der Waals surface area (Å²) in [5, 5.41) is 11.4. The molecule has 1 unspecified atom stereocenters. The molecule has 2 aromatic carbocycles. The fourth-order valence-corrected chi connectivity index (χ4v) is 4.46. The molecule has 3 aromatic rings. The van der Waals surface area contributed by atoms with E-state index in [-0.39, 0.29) is 5.56 Å². The number of ether oxygens (including phenoxy) is 1. The molecule has 2 fully saturated rings. The molecule has 2 saturated carbocycles. The average Bonchev–Trinajstić information content (AvgIpc) is 3.73. The van der Waals surface area contributed by atoms with Gasteiger partial charge in [0, 0.05) is 23.6 Å². The number of anilines is 2. The van der Waals surface area contributed by atoms with Crippen LogP contribution in [0.4, 0.5) is 15.8 Å². The molecule has 0 spiro atoms. The lowest BCUT2D eigenvalue weighted by Crippen LogP contribution is -2.24. The Morgan fingerprint density at radius 2 is 1.87 bits per heavy atom. The molecule has 5 rings (SSSR count). The summed E-state index contributed by atoms with van der Waals surface area (Å²) in [7, 11) is 1.69. The number of halogens is 1. The smallest absolute Gasteiger partial charge is 0.159 e. The number of methoxy groups -OCH3 is 1. The van der Waals surface area contributed by atoms with Crippen molar-refractivity contribution in [2.45, 2.75) is 38.3 Å². The first-order valence-electron chi connectivity index (χ1n) is 12.8. The summed E-state index contributed by atoms with van der Waals surface area (Å²) < 4.78 is 21.0. The molecule has 2 aliphatic carbocycles. The van der Waals surface area contributed by atoms with Gasteiger partial charge >= 0.3 is 0 Å². The molecular formula is C32H32FN3O2. The van der Waals surface area contributed by atoms with Crippen LogP contribution in [-0.4, -0.2) is 17.2 Å². The van der Waals surface area contributed by atoms with Crippen LogP contribution in [0.25, 0.3) is 23.3 Å². The molecule has 0 radical (unpaired) electrons. The van der Waals surface area contributed by atoms with Crippen molar-refractivity contribution in [1.29, 1.82) is 0 Å². The van der Waals surface area contributed by atoms with Crippen molar-refractivity contribution in [3.8, 4) is 11.1 Å². The first kappa shape index (κ1) is 25.5. The predicted octanol–water partition coefficient (Wildman–Crippen LogP) is 7.39. The van der Waals surface area contributed by atoms with Gasteiger partial charge in [0.15, 0.2) is 6.23 Å². The van der Waals surface area contributed by atoms with Crippen LogP contribution in [0.3, 0.4) is 0 Å². The van der Waals surface area contributed by atoms with E-state index >= 15 is 4.39 Å². The second-order valence-corrected chi connectivity index (χ2v) is 9.69. The van der Waals surface area contributed by atoms with Crippen LogP contribution in [0.5, 0.6) is 0 Å². The zero-order valence-corrected chi connectivity index (χ0v) is 21.5. The second kappa shape index (κ2) is 11.1. The average molecular weight is 510 g/mol. The van der Waals surface area contributed by atoms with Gasteiger partial charge in [-0.15, -0.1) is 0 Å². The number of nitrogens with zero attached hydrogens (tertiary/aromatic N) is 2. The molecular weight excluding hydrogens is 477 g/mol. The molecule has 0 saturated heterocycles. The van der Waals surface area contributed by atoms with Crippen molar-refractivity contribution in [2.75, 3.05) is 17.7 Å². The third kappa shape index (κ3) is 5.55. The maximum atomic E-state index is 15.4. The van der Waals surface area contributed by atoms with Crippen molar-refractivity contribution >= 4 is 23.5 Å². The number of benzene rings is 2. The highest BCUT2D eigenvalue weighted by molar-refractivity contribution is 5.73. The highest BCUT2D eigenvalue weighted by Gasteiger charge is 2.24. The first-order chi connectivity index (χ1) is 18.5. The van der Waals surface area contributed by atoms with Crippen LogP contribution in [0.2, 0.25) is 0 Å². The molecule has 3 N–H and O–H groups in total. The largest absolute Gasteiger partial charge is 0.497 e. The normalized spacial score (nSPS) is 15.1. The van der Waals surface area contributed by atoms with Crippen molar-refractivity contribution in [3.63, 3.8) is 0 Å². The first-order valence-corrected chi connectivity index (χ1v) is 12.8.